The summed E-state index contributed by atoms with van der Waals surface area (Å²) in [5.74, 6) is -7.02. The fourth-order valence-electron chi connectivity index (χ4n) is 8.12. The van der Waals surface area contributed by atoms with Crippen LogP contribution in [0.3, 0.4) is 0 Å². The van der Waals surface area contributed by atoms with Crippen LogP contribution in [-0.2, 0) is 53.3 Å². The van der Waals surface area contributed by atoms with Crippen LogP contribution in [0.25, 0.3) is 0 Å². The summed E-state index contributed by atoms with van der Waals surface area (Å²) in [6.07, 6.45) is -7.84. The van der Waals surface area contributed by atoms with Crippen LogP contribution in [0.2, 0.25) is 0 Å². The molecule has 0 bridgehead atoms. The molecule has 252 valence electrons. The predicted octanol–water partition coefficient (Wildman–Crippen LogP) is 4.63. The molecule has 4 rings (SSSR count). The van der Waals surface area contributed by atoms with Crippen molar-refractivity contribution in [3.05, 3.63) is 48.6 Å². The molecule has 3 aliphatic rings. The molecule has 13 heteroatoms. The van der Waals surface area contributed by atoms with Gasteiger partial charge in [0.05, 0.1) is 18.9 Å². The van der Waals surface area contributed by atoms with Gasteiger partial charge in [-0.2, -0.15) is 13.2 Å². The number of Topliss-reactive ketones (excluding diaryl/α,β-unsaturated/α-hetero) is 1. The highest BCUT2D eigenvalue weighted by atomic mass is 19.4. The maximum atomic E-state index is 14.6. The van der Waals surface area contributed by atoms with Gasteiger partial charge < -0.3 is 23.7 Å². The van der Waals surface area contributed by atoms with E-state index < -0.39 is 93.9 Å². The molecule has 2 saturated carbocycles. The molecular formula is C33H39F3O10. The number of hydrogen-bond donors (Lipinski definition) is 0. The monoisotopic (exact) mass is 652 g/mol. The average molecular weight is 653 g/mol. The van der Waals surface area contributed by atoms with Gasteiger partial charge in [-0.1, -0.05) is 50.3 Å². The van der Waals surface area contributed by atoms with Gasteiger partial charge in [0, 0.05) is 38.4 Å². The van der Waals surface area contributed by atoms with Gasteiger partial charge in [-0.25, -0.2) is 4.79 Å². The first kappa shape index (κ1) is 35.1. The Morgan fingerprint density at radius 3 is 2.30 bits per heavy atom. The lowest BCUT2D eigenvalue weighted by Crippen LogP contribution is -2.66. The molecular weight excluding hydrogens is 613 g/mol. The molecule has 1 aromatic carbocycles. The Morgan fingerprint density at radius 1 is 1.11 bits per heavy atom. The van der Waals surface area contributed by atoms with Gasteiger partial charge in [0.2, 0.25) is 0 Å². The minimum Gasteiger partial charge on any atom is -0.469 e. The van der Waals surface area contributed by atoms with Crippen LogP contribution in [0.15, 0.2) is 43.0 Å². The van der Waals surface area contributed by atoms with E-state index in [1.54, 1.807) is 13.8 Å². The highest BCUT2D eigenvalue weighted by Crippen LogP contribution is 2.64. The zero-order valence-electron chi connectivity index (χ0n) is 26.4. The van der Waals surface area contributed by atoms with E-state index in [4.69, 9.17) is 23.7 Å². The highest BCUT2D eigenvalue weighted by Gasteiger charge is 2.69. The Kier molecular flexibility index (Phi) is 9.78. The molecule has 0 aromatic heterocycles. The van der Waals surface area contributed by atoms with Gasteiger partial charge in [-0.3, -0.25) is 19.2 Å². The second kappa shape index (κ2) is 12.8. The molecule has 0 unspecified atom stereocenters. The Hall–Kier alpha value is -3.74. The van der Waals surface area contributed by atoms with E-state index in [0.717, 1.165) is 26.2 Å². The maximum absolute atomic E-state index is 14.6. The van der Waals surface area contributed by atoms with Gasteiger partial charge in [0.1, 0.15) is 12.2 Å². The minimum absolute atomic E-state index is 0.0978. The van der Waals surface area contributed by atoms with Crippen molar-refractivity contribution < 1.29 is 60.8 Å². The number of rotatable bonds is 9. The molecule has 1 heterocycles. The topological polar surface area (TPSA) is 132 Å². The molecule has 0 amide bonds. The summed E-state index contributed by atoms with van der Waals surface area (Å²) < 4.78 is 70.4. The lowest BCUT2D eigenvalue weighted by Gasteiger charge is -2.61. The maximum Gasteiger partial charge on any atom is 0.432 e. The van der Waals surface area contributed by atoms with Crippen molar-refractivity contribution in [1.29, 1.82) is 0 Å². The number of carbonyl (C=O) groups is 5. The Morgan fingerprint density at radius 2 is 1.76 bits per heavy atom. The number of esters is 4. The zero-order valence-corrected chi connectivity index (χ0v) is 26.4. The quantitative estimate of drug-likeness (QED) is 0.211. The lowest BCUT2D eigenvalue weighted by molar-refractivity contribution is -0.281. The van der Waals surface area contributed by atoms with E-state index in [9.17, 15) is 37.1 Å². The summed E-state index contributed by atoms with van der Waals surface area (Å²) in [7, 11) is 1.95. The third-order valence-corrected chi connectivity index (χ3v) is 10.2. The van der Waals surface area contributed by atoms with Crippen LogP contribution in [0.1, 0.15) is 58.4 Å². The third-order valence-electron chi connectivity index (χ3n) is 10.2. The molecule has 9 atom stereocenters. The van der Waals surface area contributed by atoms with Crippen molar-refractivity contribution in [3.63, 3.8) is 0 Å². The lowest BCUT2D eigenvalue weighted by atomic mass is 9.43. The van der Waals surface area contributed by atoms with E-state index in [0.29, 0.717) is 0 Å². The van der Waals surface area contributed by atoms with Crippen LogP contribution in [-0.4, -0.2) is 68.4 Å². The van der Waals surface area contributed by atoms with E-state index in [1.165, 1.54) is 31.4 Å². The molecule has 0 radical (unpaired) electrons. The molecule has 1 aromatic rings. The van der Waals surface area contributed by atoms with Gasteiger partial charge in [0.15, 0.2) is 11.9 Å². The van der Waals surface area contributed by atoms with Crippen LogP contribution in [0.4, 0.5) is 13.2 Å². The van der Waals surface area contributed by atoms with E-state index in [2.05, 4.69) is 6.58 Å². The molecule has 3 fully saturated rings. The smallest absolute Gasteiger partial charge is 0.432 e. The largest absolute Gasteiger partial charge is 0.469 e. The van der Waals surface area contributed by atoms with E-state index >= 15 is 0 Å². The molecule has 10 nitrogen and oxygen atoms in total. The molecule has 0 spiro atoms. The second-order valence-corrected chi connectivity index (χ2v) is 12.7. The van der Waals surface area contributed by atoms with Crippen LogP contribution < -0.4 is 0 Å². The normalized spacial score (nSPS) is 32.8. The summed E-state index contributed by atoms with van der Waals surface area (Å²) in [5.41, 5.74) is -6.26. The van der Waals surface area contributed by atoms with Crippen molar-refractivity contribution >= 4 is 29.7 Å². The summed E-state index contributed by atoms with van der Waals surface area (Å²) in [4.78, 5) is 66.3. The van der Waals surface area contributed by atoms with Gasteiger partial charge in [0.25, 0.3) is 5.60 Å². The SMILES string of the molecule is C=CC[C@H](OC(=O)[C@@](OC)(c1ccccc1)C(F)(F)F)[C@@H]1C[C@]2(C)[C@H]3C(=O)[C@@H](OC(C)=O)C[C@@H](C(=O)OC)[C@]3(C)CC[C@H]2C(=O)O1. The average Bonchev–Trinajstić information content (AvgIpc) is 2.97. The number of ketones is 1. The summed E-state index contributed by atoms with van der Waals surface area (Å²) >= 11 is 0. The molecule has 46 heavy (non-hydrogen) atoms. The van der Waals surface area contributed by atoms with Gasteiger partial charge >= 0.3 is 30.1 Å². The third kappa shape index (κ3) is 5.71. The van der Waals surface area contributed by atoms with Crippen molar-refractivity contribution in [3.8, 4) is 0 Å². The van der Waals surface area contributed by atoms with Crippen molar-refractivity contribution in [2.45, 2.75) is 83.0 Å². The molecule has 1 saturated heterocycles. The number of cyclic esters (lactones) is 1. The number of halogens is 3. The van der Waals surface area contributed by atoms with Crippen molar-refractivity contribution in [1.82, 2.24) is 0 Å². The van der Waals surface area contributed by atoms with E-state index in [-0.39, 0.29) is 32.1 Å². The number of ether oxygens (including phenoxy) is 5. The number of alkyl halides is 3. The number of hydrogen-bond acceptors (Lipinski definition) is 10. The number of carbonyl (C=O) groups excluding carboxylic acids is 5. The molecule has 1 aliphatic heterocycles. The second-order valence-electron chi connectivity index (χ2n) is 12.7. The number of benzene rings is 1. The first-order valence-corrected chi connectivity index (χ1v) is 15.0. The van der Waals surface area contributed by atoms with Crippen LogP contribution >= 0.6 is 0 Å². The zero-order chi connectivity index (χ0) is 34.2. The standard InChI is InChI=1S/C33H39F3O10/c1-7-11-22(46-29(41)32(43-6,33(34,35)36)19-12-9-8-10-13-19)24-17-31(4)20(28(40)45-24)14-15-30(3)21(27(39)42-5)16-23(44-18(2)37)25(38)26(30)31/h7-10,12-13,20-24,26H,1,11,14-17H2,2-6H3/t20-,21-,22-,23-,24-,26-,30-,31-,32-/m0/s1. The number of methoxy groups -OCH3 is 2. The van der Waals surface area contributed by atoms with Crippen molar-refractivity contribution in [2.24, 2.45) is 28.6 Å². The molecule has 0 N–H and O–H groups in total. The summed E-state index contributed by atoms with van der Waals surface area (Å²) in [6.45, 7) is 8.21. The van der Waals surface area contributed by atoms with Crippen molar-refractivity contribution in [2.75, 3.05) is 14.2 Å². The van der Waals surface area contributed by atoms with Gasteiger partial charge in [-0.15, -0.1) is 6.58 Å². The Labute approximate surface area is 264 Å². The number of fused-ring (bicyclic) bond motifs is 3. The summed E-state index contributed by atoms with van der Waals surface area (Å²) in [6, 6.07) is 6.29. The first-order chi connectivity index (χ1) is 21.5. The highest BCUT2D eigenvalue weighted by molar-refractivity contribution is 5.93. The van der Waals surface area contributed by atoms with E-state index in [1.807, 2.05) is 0 Å². The Bertz CT molecular complexity index is 1380. The Balaban J connectivity index is 1.75. The van der Waals surface area contributed by atoms with Crippen LogP contribution in [0.5, 0.6) is 0 Å². The van der Waals surface area contributed by atoms with Gasteiger partial charge in [-0.05, 0) is 30.1 Å². The predicted molar refractivity (Wildman–Crippen MR) is 153 cm³/mol. The summed E-state index contributed by atoms with van der Waals surface area (Å²) in [5, 5.41) is 0. The van der Waals surface area contributed by atoms with Crippen LogP contribution in [0, 0.1) is 28.6 Å². The fourth-order valence-corrected chi connectivity index (χ4v) is 8.12. The fraction of sp³-hybridized carbons (Fsp3) is 0.606. The minimum atomic E-state index is -5.24. The molecule has 2 aliphatic carbocycles. The first-order valence-electron chi connectivity index (χ1n) is 15.0.